The van der Waals surface area contributed by atoms with Crippen molar-refractivity contribution in [3.8, 4) is 0 Å². The van der Waals surface area contributed by atoms with Gasteiger partial charge >= 0.3 is 21.1 Å². The van der Waals surface area contributed by atoms with Crippen LogP contribution in [0.2, 0.25) is 0 Å². The molecule has 0 heterocycles. The third-order valence-corrected chi connectivity index (χ3v) is 2.22. The van der Waals surface area contributed by atoms with Crippen molar-refractivity contribution >= 4 is 0 Å². The first-order valence-electron chi connectivity index (χ1n) is 4.11. The van der Waals surface area contributed by atoms with Crippen LogP contribution in [0.25, 0.3) is 0 Å². The van der Waals surface area contributed by atoms with Crippen molar-refractivity contribution in [1.82, 2.24) is 4.90 Å². The zero-order chi connectivity index (χ0) is 7.56. The van der Waals surface area contributed by atoms with E-state index in [4.69, 9.17) is 0 Å². The molecular weight excluding hydrogens is 306 g/mol. The Kier molecular flexibility index (Phi) is 5.64. The van der Waals surface area contributed by atoms with Crippen LogP contribution in [0.4, 0.5) is 0 Å². The molecule has 0 aromatic carbocycles. The molecule has 0 aliphatic heterocycles. The van der Waals surface area contributed by atoms with Gasteiger partial charge in [-0.2, -0.15) is 19.4 Å². The fraction of sp³-hybridized carbons (Fsp3) is 0.778. The van der Waals surface area contributed by atoms with Crippen molar-refractivity contribution in [2.45, 2.75) is 39.2 Å². The Bertz CT molecular complexity index is 99.7. The minimum Gasteiger partial charge on any atom is -0.482 e. The van der Waals surface area contributed by atoms with Crippen LogP contribution in [0.15, 0.2) is 0 Å². The molecule has 1 rings (SSSR count). The van der Waals surface area contributed by atoms with E-state index in [-0.39, 0.29) is 21.1 Å². The van der Waals surface area contributed by atoms with Gasteiger partial charge in [-0.3, -0.25) is 7.05 Å². The molecule has 64 valence electrons. The van der Waals surface area contributed by atoms with Crippen molar-refractivity contribution in [3.05, 3.63) is 13.0 Å². The SMILES string of the molecule is [CH2-]N(C[C-]1CCC1)C(C)C.[W+2]. The summed E-state index contributed by atoms with van der Waals surface area (Å²) in [7, 11) is 3.97. The molecule has 11 heavy (non-hydrogen) atoms. The Morgan fingerprint density at radius 2 is 2.00 bits per heavy atom. The first-order valence-corrected chi connectivity index (χ1v) is 4.11. The quantitative estimate of drug-likeness (QED) is 0.720. The third kappa shape index (κ3) is 3.71. The van der Waals surface area contributed by atoms with E-state index in [2.05, 4.69) is 25.8 Å². The van der Waals surface area contributed by atoms with Gasteiger partial charge in [0.05, 0.1) is 0 Å². The van der Waals surface area contributed by atoms with Crippen molar-refractivity contribution < 1.29 is 21.1 Å². The summed E-state index contributed by atoms with van der Waals surface area (Å²) in [4.78, 5) is 2.16. The Morgan fingerprint density at radius 3 is 2.27 bits per heavy atom. The van der Waals surface area contributed by atoms with Crippen LogP contribution in [0.3, 0.4) is 0 Å². The number of hydrogen-bond donors (Lipinski definition) is 0. The van der Waals surface area contributed by atoms with Crippen LogP contribution in [0.1, 0.15) is 33.1 Å². The summed E-state index contributed by atoms with van der Waals surface area (Å²) in [6.45, 7) is 5.50. The topological polar surface area (TPSA) is 3.24 Å². The standard InChI is InChI=1S/C9H17N.W/c1-8(2)10(3)7-9-5-4-6-9;/h8H,3-7H2,1-2H3;/q-2;+2. The molecular formula is C9H17NW. The van der Waals surface area contributed by atoms with Crippen molar-refractivity contribution in [3.63, 3.8) is 0 Å². The van der Waals surface area contributed by atoms with Gasteiger partial charge in [0.2, 0.25) is 0 Å². The minimum absolute atomic E-state index is 0. The van der Waals surface area contributed by atoms with Crippen LogP contribution in [0, 0.1) is 13.0 Å². The average Bonchev–Trinajstić information content (AvgIpc) is 1.77. The maximum Gasteiger partial charge on any atom is 2.00 e. The minimum atomic E-state index is 0. The van der Waals surface area contributed by atoms with Gasteiger partial charge < -0.3 is 10.8 Å². The van der Waals surface area contributed by atoms with Crippen LogP contribution in [-0.4, -0.2) is 17.5 Å². The van der Waals surface area contributed by atoms with E-state index in [1.807, 2.05) is 0 Å². The van der Waals surface area contributed by atoms with Gasteiger partial charge in [0.1, 0.15) is 0 Å². The van der Waals surface area contributed by atoms with Crippen molar-refractivity contribution in [2.75, 3.05) is 6.54 Å². The molecule has 1 nitrogen and oxygen atoms in total. The summed E-state index contributed by atoms with van der Waals surface area (Å²) < 4.78 is 0. The van der Waals surface area contributed by atoms with Crippen LogP contribution in [-0.2, 0) is 21.1 Å². The fourth-order valence-electron chi connectivity index (χ4n) is 1.05. The zero-order valence-electron chi connectivity index (χ0n) is 7.47. The second-order valence-corrected chi connectivity index (χ2v) is 3.44. The zero-order valence-corrected chi connectivity index (χ0v) is 10.4. The van der Waals surface area contributed by atoms with Gasteiger partial charge in [0.15, 0.2) is 0 Å². The Hall–Kier alpha value is 0.648. The molecule has 1 aliphatic carbocycles. The van der Waals surface area contributed by atoms with Gasteiger partial charge in [-0.1, -0.05) is 13.8 Å². The summed E-state index contributed by atoms with van der Waals surface area (Å²) in [5.74, 6) is 1.68. The largest absolute Gasteiger partial charge is 2.00 e. The molecule has 0 atom stereocenters. The number of hydrogen-bond acceptors (Lipinski definition) is 1. The molecule has 0 spiro atoms. The second kappa shape index (κ2) is 5.32. The van der Waals surface area contributed by atoms with Gasteiger partial charge in [0, 0.05) is 0 Å². The Morgan fingerprint density at radius 1 is 1.45 bits per heavy atom. The van der Waals surface area contributed by atoms with Crippen LogP contribution in [0.5, 0.6) is 0 Å². The van der Waals surface area contributed by atoms with Gasteiger partial charge in [-0.25, -0.2) is 0 Å². The van der Waals surface area contributed by atoms with Crippen LogP contribution >= 0.6 is 0 Å². The molecule has 1 saturated carbocycles. The summed E-state index contributed by atoms with van der Waals surface area (Å²) in [5.41, 5.74) is 0. The van der Waals surface area contributed by atoms with E-state index in [9.17, 15) is 0 Å². The van der Waals surface area contributed by atoms with E-state index in [1.54, 1.807) is 5.92 Å². The molecule has 0 N–H and O–H groups in total. The van der Waals surface area contributed by atoms with Gasteiger partial charge in [0.25, 0.3) is 0 Å². The van der Waals surface area contributed by atoms with Crippen molar-refractivity contribution in [2.24, 2.45) is 0 Å². The van der Waals surface area contributed by atoms with E-state index >= 15 is 0 Å². The molecule has 0 saturated heterocycles. The summed E-state index contributed by atoms with van der Waals surface area (Å²) >= 11 is 0. The fourth-order valence-corrected chi connectivity index (χ4v) is 1.05. The smallest absolute Gasteiger partial charge is 0.482 e. The van der Waals surface area contributed by atoms with E-state index in [0.29, 0.717) is 6.04 Å². The molecule has 0 aromatic rings. The maximum absolute atomic E-state index is 3.97. The predicted molar refractivity (Wildman–Crippen MR) is 44.3 cm³/mol. The van der Waals surface area contributed by atoms with Crippen molar-refractivity contribution in [1.29, 1.82) is 0 Å². The number of nitrogens with zero attached hydrogens (tertiary/aromatic N) is 1. The average molecular weight is 323 g/mol. The Balaban J connectivity index is 0.000001000. The normalized spacial score (nSPS) is 18.3. The summed E-state index contributed by atoms with van der Waals surface area (Å²) in [6, 6.07) is 0.591. The van der Waals surface area contributed by atoms with Crippen LogP contribution < -0.4 is 0 Å². The number of rotatable bonds is 3. The predicted octanol–water partition coefficient (Wildman–Crippen LogP) is 2.24. The summed E-state index contributed by atoms with van der Waals surface area (Å²) in [6.07, 6.45) is 4.10. The van der Waals surface area contributed by atoms with Gasteiger partial charge in [-0.15, -0.1) is 6.42 Å². The maximum atomic E-state index is 3.97. The van der Waals surface area contributed by atoms with E-state index < -0.39 is 0 Å². The molecule has 0 bridgehead atoms. The van der Waals surface area contributed by atoms with Gasteiger partial charge in [-0.05, 0) is 6.04 Å². The first-order chi connectivity index (χ1) is 4.70. The second-order valence-electron chi connectivity index (χ2n) is 3.44. The molecule has 0 unspecified atom stereocenters. The monoisotopic (exact) mass is 323 g/mol. The molecule has 0 amide bonds. The third-order valence-electron chi connectivity index (χ3n) is 2.22. The molecule has 2 heteroatoms. The summed E-state index contributed by atoms with van der Waals surface area (Å²) in [5, 5.41) is 0. The van der Waals surface area contributed by atoms with E-state index in [1.165, 1.54) is 19.3 Å². The molecule has 0 aromatic heterocycles. The molecule has 0 radical (unpaired) electrons. The molecule has 1 fully saturated rings. The Labute approximate surface area is 84.8 Å². The van der Waals surface area contributed by atoms with E-state index in [0.717, 1.165) is 6.54 Å². The molecule has 1 aliphatic rings. The first kappa shape index (κ1) is 11.6.